The van der Waals surface area contributed by atoms with Gasteiger partial charge in [0.1, 0.15) is 6.54 Å². The fraction of sp³-hybridized carbons (Fsp3) is 0.611. The Morgan fingerprint density at radius 1 is 1.36 bits per heavy atom. The molecular weight excluding hydrogens is 320 g/mol. The molecule has 0 aliphatic carbocycles. The van der Waals surface area contributed by atoms with Crippen LogP contribution in [0.25, 0.3) is 0 Å². The van der Waals surface area contributed by atoms with E-state index < -0.39 is 0 Å². The number of aryl methyl sites for hydroxylation is 1. The van der Waals surface area contributed by atoms with E-state index in [0.29, 0.717) is 29.4 Å². The molecule has 0 radical (unpaired) electrons. The lowest BCUT2D eigenvalue weighted by Crippen LogP contribution is -2.40. The van der Waals surface area contributed by atoms with Gasteiger partial charge in [0.25, 0.3) is 11.5 Å². The van der Waals surface area contributed by atoms with Crippen molar-refractivity contribution in [3.05, 3.63) is 33.2 Å². The van der Waals surface area contributed by atoms with E-state index in [1.165, 1.54) is 10.6 Å². The molecule has 0 bridgehead atoms. The monoisotopic (exact) mass is 348 g/mol. The van der Waals surface area contributed by atoms with Gasteiger partial charge in [0.2, 0.25) is 5.91 Å². The minimum atomic E-state index is -0.275. The first kappa shape index (κ1) is 19.2. The second-order valence-electron chi connectivity index (χ2n) is 6.94. The summed E-state index contributed by atoms with van der Waals surface area (Å²) in [5, 5.41) is 9.04. The molecule has 1 unspecified atom stereocenters. The molecule has 0 saturated carbocycles. The smallest absolute Gasteiger partial charge is 0.253 e. The van der Waals surface area contributed by atoms with Crippen molar-refractivity contribution in [2.45, 2.75) is 59.2 Å². The number of rotatable bonds is 6. The van der Waals surface area contributed by atoms with E-state index in [0.717, 1.165) is 19.4 Å². The van der Waals surface area contributed by atoms with Gasteiger partial charge in [0.15, 0.2) is 0 Å². The molecule has 25 heavy (non-hydrogen) atoms. The van der Waals surface area contributed by atoms with Gasteiger partial charge in [-0.15, -0.1) is 0 Å². The number of hydrogen-bond acceptors (Lipinski definition) is 4. The van der Waals surface area contributed by atoms with Crippen LogP contribution in [0.3, 0.4) is 0 Å². The fourth-order valence-electron chi connectivity index (χ4n) is 3.21. The summed E-state index contributed by atoms with van der Waals surface area (Å²) in [4.78, 5) is 36.9. The second-order valence-corrected chi connectivity index (χ2v) is 6.94. The molecule has 1 saturated heterocycles. The Labute approximate surface area is 148 Å². The third-order valence-corrected chi connectivity index (χ3v) is 4.42. The molecule has 1 fully saturated rings. The molecule has 2 heterocycles. The van der Waals surface area contributed by atoms with E-state index >= 15 is 0 Å². The first-order chi connectivity index (χ1) is 11.8. The minimum absolute atomic E-state index is 0.00404. The first-order valence-electron chi connectivity index (χ1n) is 8.81. The largest absolute Gasteiger partial charge is 0.352 e. The lowest BCUT2D eigenvalue weighted by molar-refractivity contribution is -0.122. The third kappa shape index (κ3) is 4.92. The highest BCUT2D eigenvalue weighted by Crippen LogP contribution is 2.12. The molecule has 7 heteroatoms. The van der Waals surface area contributed by atoms with Gasteiger partial charge in [-0.1, -0.05) is 0 Å². The Bertz CT molecular complexity index is 703. The molecule has 7 nitrogen and oxygen atoms in total. The van der Waals surface area contributed by atoms with Crippen LogP contribution < -0.4 is 21.5 Å². The van der Waals surface area contributed by atoms with E-state index in [-0.39, 0.29) is 30.0 Å². The Kier molecular flexibility index (Phi) is 6.36. The average Bonchev–Trinajstić information content (AvgIpc) is 3.02. The second kappa shape index (κ2) is 8.29. The van der Waals surface area contributed by atoms with Crippen molar-refractivity contribution in [3.8, 4) is 0 Å². The minimum Gasteiger partial charge on any atom is -0.352 e. The molecule has 1 aliphatic rings. The predicted molar refractivity (Wildman–Crippen MR) is 96.8 cm³/mol. The van der Waals surface area contributed by atoms with Crippen LogP contribution in [0, 0.1) is 13.8 Å². The predicted octanol–water partition coefficient (Wildman–Crippen LogP) is 0.472. The Balaban J connectivity index is 2.19. The van der Waals surface area contributed by atoms with Gasteiger partial charge in [-0.25, -0.2) is 0 Å². The van der Waals surface area contributed by atoms with E-state index in [1.807, 2.05) is 13.8 Å². The van der Waals surface area contributed by atoms with Gasteiger partial charge in [0.05, 0.1) is 5.56 Å². The van der Waals surface area contributed by atoms with Crippen LogP contribution >= 0.6 is 0 Å². The van der Waals surface area contributed by atoms with Crippen LogP contribution in [0.15, 0.2) is 10.9 Å². The summed E-state index contributed by atoms with van der Waals surface area (Å²) < 4.78 is 1.35. The van der Waals surface area contributed by atoms with E-state index in [9.17, 15) is 14.4 Å². The maximum absolute atomic E-state index is 12.6. The molecule has 1 aliphatic heterocycles. The maximum Gasteiger partial charge on any atom is 0.253 e. The lowest BCUT2D eigenvalue weighted by atomic mass is 10.1. The molecule has 3 N–H and O–H groups in total. The van der Waals surface area contributed by atoms with Crippen molar-refractivity contribution in [1.29, 1.82) is 0 Å². The fourth-order valence-corrected chi connectivity index (χ4v) is 3.21. The van der Waals surface area contributed by atoms with Crippen LogP contribution in [0.1, 0.15) is 48.3 Å². The molecule has 1 aromatic rings. The highest BCUT2D eigenvalue weighted by atomic mass is 16.2. The average molecular weight is 348 g/mol. The molecule has 0 aromatic carbocycles. The number of hydrogen-bond donors (Lipinski definition) is 3. The van der Waals surface area contributed by atoms with Gasteiger partial charge in [-0.3, -0.25) is 14.4 Å². The van der Waals surface area contributed by atoms with Crippen molar-refractivity contribution >= 4 is 11.8 Å². The van der Waals surface area contributed by atoms with Gasteiger partial charge < -0.3 is 20.5 Å². The number of pyridine rings is 1. The topological polar surface area (TPSA) is 92.2 Å². The highest BCUT2D eigenvalue weighted by molar-refractivity contribution is 5.96. The zero-order valence-electron chi connectivity index (χ0n) is 15.4. The van der Waals surface area contributed by atoms with Crippen LogP contribution in [0.4, 0.5) is 0 Å². The van der Waals surface area contributed by atoms with Gasteiger partial charge in [-0.05, 0) is 52.6 Å². The van der Waals surface area contributed by atoms with Crippen molar-refractivity contribution in [1.82, 2.24) is 20.5 Å². The zero-order chi connectivity index (χ0) is 18.6. The molecule has 2 amide bonds. The third-order valence-electron chi connectivity index (χ3n) is 4.42. The standard InChI is InChI=1S/C18H28N4O3/c1-11(2)21-15(23)10-22-13(4)17(12(3)8-16(22)24)18(25)20-9-14-6-5-7-19-14/h8,11,14,19H,5-7,9-10H2,1-4H3,(H,20,25)(H,21,23). The summed E-state index contributed by atoms with van der Waals surface area (Å²) in [6, 6.07) is 1.71. The molecule has 2 rings (SSSR count). The van der Waals surface area contributed by atoms with Gasteiger partial charge in [-0.2, -0.15) is 0 Å². The number of nitrogens with zero attached hydrogens (tertiary/aromatic N) is 1. The number of carbonyl (C=O) groups excluding carboxylic acids is 2. The molecule has 138 valence electrons. The normalized spacial score (nSPS) is 16.9. The van der Waals surface area contributed by atoms with Crippen LogP contribution in [-0.4, -0.2) is 41.6 Å². The van der Waals surface area contributed by atoms with Gasteiger partial charge >= 0.3 is 0 Å². The molecular formula is C18H28N4O3. The van der Waals surface area contributed by atoms with Crippen LogP contribution in [0.5, 0.6) is 0 Å². The van der Waals surface area contributed by atoms with Crippen molar-refractivity contribution in [2.24, 2.45) is 0 Å². The van der Waals surface area contributed by atoms with E-state index in [1.54, 1.807) is 13.8 Å². The summed E-state index contributed by atoms with van der Waals surface area (Å²) in [5.74, 6) is -0.452. The maximum atomic E-state index is 12.6. The summed E-state index contributed by atoms with van der Waals surface area (Å²) in [5.41, 5.74) is 1.33. The first-order valence-corrected chi connectivity index (χ1v) is 8.81. The highest BCUT2D eigenvalue weighted by Gasteiger charge is 2.20. The summed E-state index contributed by atoms with van der Waals surface area (Å²) >= 11 is 0. The van der Waals surface area contributed by atoms with Crippen LogP contribution in [0.2, 0.25) is 0 Å². The van der Waals surface area contributed by atoms with Crippen molar-refractivity contribution in [3.63, 3.8) is 0 Å². The lowest BCUT2D eigenvalue weighted by Gasteiger charge is -2.18. The number of nitrogens with one attached hydrogen (secondary N) is 3. The van der Waals surface area contributed by atoms with E-state index in [4.69, 9.17) is 0 Å². The van der Waals surface area contributed by atoms with Crippen LogP contribution in [-0.2, 0) is 11.3 Å². The summed E-state index contributed by atoms with van der Waals surface area (Å²) in [6.07, 6.45) is 2.17. The Morgan fingerprint density at radius 3 is 2.68 bits per heavy atom. The number of aromatic nitrogens is 1. The molecule has 1 aromatic heterocycles. The zero-order valence-corrected chi connectivity index (χ0v) is 15.4. The van der Waals surface area contributed by atoms with Gasteiger partial charge in [0, 0.05) is 30.4 Å². The quantitative estimate of drug-likeness (QED) is 0.697. The van der Waals surface area contributed by atoms with Crippen molar-refractivity contribution in [2.75, 3.05) is 13.1 Å². The molecule has 0 spiro atoms. The Hall–Kier alpha value is -2.15. The summed E-state index contributed by atoms with van der Waals surface area (Å²) in [7, 11) is 0. The number of carbonyl (C=O) groups is 2. The van der Waals surface area contributed by atoms with E-state index in [2.05, 4.69) is 16.0 Å². The Morgan fingerprint density at radius 2 is 2.08 bits per heavy atom. The molecule has 1 atom stereocenters. The van der Waals surface area contributed by atoms with Crippen molar-refractivity contribution < 1.29 is 9.59 Å². The summed E-state index contributed by atoms with van der Waals surface area (Å²) in [6.45, 7) is 8.62. The number of amides is 2. The SMILES string of the molecule is Cc1cc(=O)n(CC(=O)NC(C)C)c(C)c1C(=O)NCC1CCCN1.